The molecule has 0 amide bonds. The van der Waals surface area contributed by atoms with Crippen LogP contribution in [-0.2, 0) is 6.42 Å². The first kappa shape index (κ1) is 12.9. The number of halogens is 2. The third kappa shape index (κ3) is 2.48. The molecule has 0 fully saturated rings. The standard InChI is InChI=1S/C14H10Cl2N2/c1-9-7-10(5-6-17)14(18-8-9)11-3-2-4-12(15)13(11)16/h2-4,7-8H,5H2,1H3. The zero-order chi connectivity index (χ0) is 13.1. The summed E-state index contributed by atoms with van der Waals surface area (Å²) in [6.07, 6.45) is 2.06. The van der Waals surface area contributed by atoms with Gasteiger partial charge in [-0.2, -0.15) is 5.26 Å². The van der Waals surface area contributed by atoms with E-state index >= 15 is 0 Å². The summed E-state index contributed by atoms with van der Waals surface area (Å²) in [5.74, 6) is 0. The second kappa shape index (κ2) is 5.39. The van der Waals surface area contributed by atoms with Crippen molar-refractivity contribution < 1.29 is 0 Å². The molecule has 0 unspecified atom stereocenters. The highest BCUT2D eigenvalue weighted by molar-refractivity contribution is 6.43. The second-order valence-corrected chi connectivity index (χ2v) is 4.74. The van der Waals surface area contributed by atoms with Crippen LogP contribution in [0.5, 0.6) is 0 Å². The molecule has 2 nitrogen and oxygen atoms in total. The molecule has 0 aliphatic heterocycles. The summed E-state index contributed by atoms with van der Waals surface area (Å²) in [4.78, 5) is 4.37. The van der Waals surface area contributed by atoms with Gasteiger partial charge in [-0.25, -0.2) is 0 Å². The predicted molar refractivity (Wildman–Crippen MR) is 73.7 cm³/mol. The van der Waals surface area contributed by atoms with Gasteiger partial charge in [0.2, 0.25) is 0 Å². The molecule has 0 saturated carbocycles. The molecule has 90 valence electrons. The zero-order valence-corrected chi connectivity index (χ0v) is 11.3. The lowest BCUT2D eigenvalue weighted by Crippen LogP contribution is -1.94. The van der Waals surface area contributed by atoms with Crippen molar-refractivity contribution in [3.05, 3.63) is 51.6 Å². The molecule has 0 saturated heterocycles. The van der Waals surface area contributed by atoms with Crippen LogP contribution in [-0.4, -0.2) is 4.98 Å². The van der Waals surface area contributed by atoms with Crippen molar-refractivity contribution in [2.45, 2.75) is 13.3 Å². The first-order valence-corrected chi connectivity index (χ1v) is 6.16. The van der Waals surface area contributed by atoms with Gasteiger partial charge in [-0.05, 0) is 24.1 Å². The average Bonchev–Trinajstić information content (AvgIpc) is 2.34. The van der Waals surface area contributed by atoms with Crippen molar-refractivity contribution in [3.63, 3.8) is 0 Å². The molecule has 0 radical (unpaired) electrons. The Morgan fingerprint density at radius 1 is 1.33 bits per heavy atom. The minimum atomic E-state index is 0.298. The number of benzene rings is 1. The summed E-state index contributed by atoms with van der Waals surface area (Å²) in [6.45, 7) is 1.94. The van der Waals surface area contributed by atoms with Crippen LogP contribution in [0.3, 0.4) is 0 Å². The maximum atomic E-state index is 8.87. The van der Waals surface area contributed by atoms with Crippen molar-refractivity contribution in [2.75, 3.05) is 0 Å². The van der Waals surface area contributed by atoms with E-state index in [1.54, 1.807) is 12.3 Å². The number of aromatic nitrogens is 1. The lowest BCUT2D eigenvalue weighted by atomic mass is 10.0. The van der Waals surface area contributed by atoms with Crippen LogP contribution in [0.15, 0.2) is 30.5 Å². The monoisotopic (exact) mass is 276 g/mol. The Kier molecular flexibility index (Phi) is 3.86. The van der Waals surface area contributed by atoms with Crippen LogP contribution < -0.4 is 0 Å². The van der Waals surface area contributed by atoms with E-state index in [1.165, 1.54) is 0 Å². The largest absolute Gasteiger partial charge is 0.256 e. The number of nitrogens with zero attached hydrogens (tertiary/aromatic N) is 2. The molecular formula is C14H10Cl2N2. The van der Waals surface area contributed by atoms with Gasteiger partial charge in [-0.1, -0.05) is 41.4 Å². The van der Waals surface area contributed by atoms with Crippen molar-refractivity contribution in [1.29, 1.82) is 5.26 Å². The molecule has 0 aliphatic carbocycles. The van der Waals surface area contributed by atoms with Gasteiger partial charge in [0.05, 0.1) is 28.2 Å². The summed E-state index contributed by atoms with van der Waals surface area (Å²) in [5, 5.41) is 9.82. The van der Waals surface area contributed by atoms with Crippen LogP contribution in [0.1, 0.15) is 11.1 Å². The number of hydrogen-bond donors (Lipinski definition) is 0. The molecule has 1 aromatic carbocycles. The molecule has 2 rings (SSSR count). The Labute approximate surface area is 116 Å². The van der Waals surface area contributed by atoms with Gasteiger partial charge in [0.25, 0.3) is 0 Å². The van der Waals surface area contributed by atoms with Crippen LogP contribution in [0.2, 0.25) is 10.0 Å². The second-order valence-electron chi connectivity index (χ2n) is 3.96. The Morgan fingerprint density at radius 3 is 2.83 bits per heavy atom. The van der Waals surface area contributed by atoms with E-state index in [0.717, 1.165) is 22.4 Å². The van der Waals surface area contributed by atoms with Gasteiger partial charge in [-0.15, -0.1) is 0 Å². The Morgan fingerprint density at radius 2 is 2.11 bits per heavy atom. The number of nitriles is 1. The van der Waals surface area contributed by atoms with Crippen LogP contribution >= 0.6 is 23.2 Å². The molecule has 1 aromatic heterocycles. The lowest BCUT2D eigenvalue weighted by Gasteiger charge is -2.09. The van der Waals surface area contributed by atoms with E-state index < -0.39 is 0 Å². The Balaban J connectivity index is 2.64. The fourth-order valence-electron chi connectivity index (χ4n) is 1.78. The molecule has 2 aromatic rings. The first-order chi connectivity index (χ1) is 8.63. The molecule has 0 bridgehead atoms. The van der Waals surface area contributed by atoms with Crippen LogP contribution in [0, 0.1) is 18.3 Å². The number of aryl methyl sites for hydroxylation is 1. The Hall–Kier alpha value is -1.56. The third-order valence-corrected chi connectivity index (χ3v) is 3.40. The summed E-state index contributed by atoms with van der Waals surface area (Å²) < 4.78 is 0. The molecule has 0 aliphatic rings. The summed E-state index contributed by atoms with van der Waals surface area (Å²) in [5.41, 5.74) is 3.35. The van der Waals surface area contributed by atoms with Gasteiger partial charge >= 0.3 is 0 Å². The molecule has 4 heteroatoms. The van der Waals surface area contributed by atoms with Gasteiger partial charge in [-0.3, -0.25) is 4.98 Å². The normalized spacial score (nSPS) is 10.1. The SMILES string of the molecule is Cc1cnc(-c2cccc(Cl)c2Cl)c(CC#N)c1. The topological polar surface area (TPSA) is 36.7 Å². The molecular weight excluding hydrogens is 267 g/mol. The van der Waals surface area contributed by atoms with E-state index in [0.29, 0.717) is 16.5 Å². The summed E-state index contributed by atoms with van der Waals surface area (Å²) in [7, 11) is 0. The predicted octanol–water partition coefficient (Wildman–Crippen LogP) is 4.43. The van der Waals surface area contributed by atoms with Gasteiger partial charge < -0.3 is 0 Å². The van der Waals surface area contributed by atoms with E-state index in [9.17, 15) is 0 Å². The third-order valence-electron chi connectivity index (χ3n) is 2.58. The van der Waals surface area contributed by atoms with E-state index in [2.05, 4.69) is 11.1 Å². The Bertz CT molecular complexity index is 630. The molecule has 18 heavy (non-hydrogen) atoms. The quantitative estimate of drug-likeness (QED) is 0.814. The number of rotatable bonds is 2. The highest BCUT2D eigenvalue weighted by Gasteiger charge is 2.12. The van der Waals surface area contributed by atoms with Crippen molar-refractivity contribution in [3.8, 4) is 17.3 Å². The fourth-order valence-corrected chi connectivity index (χ4v) is 2.17. The first-order valence-electron chi connectivity index (χ1n) is 5.40. The summed E-state index contributed by atoms with van der Waals surface area (Å²) >= 11 is 12.2. The minimum Gasteiger partial charge on any atom is -0.256 e. The smallest absolute Gasteiger partial charge is 0.0760 e. The van der Waals surface area contributed by atoms with Crippen LogP contribution in [0.4, 0.5) is 0 Å². The average molecular weight is 277 g/mol. The van der Waals surface area contributed by atoms with Gasteiger partial charge in [0, 0.05) is 11.8 Å². The zero-order valence-electron chi connectivity index (χ0n) is 9.74. The lowest BCUT2D eigenvalue weighted by molar-refractivity contribution is 1.17. The maximum absolute atomic E-state index is 8.87. The highest BCUT2D eigenvalue weighted by Crippen LogP contribution is 2.34. The molecule has 0 N–H and O–H groups in total. The van der Waals surface area contributed by atoms with Crippen molar-refractivity contribution in [2.24, 2.45) is 0 Å². The van der Waals surface area contributed by atoms with E-state index in [-0.39, 0.29) is 0 Å². The van der Waals surface area contributed by atoms with Crippen LogP contribution in [0.25, 0.3) is 11.3 Å². The van der Waals surface area contributed by atoms with Gasteiger partial charge in [0.15, 0.2) is 0 Å². The number of pyridine rings is 1. The van der Waals surface area contributed by atoms with E-state index in [1.807, 2.05) is 25.1 Å². The highest BCUT2D eigenvalue weighted by atomic mass is 35.5. The molecule has 0 spiro atoms. The number of hydrogen-bond acceptors (Lipinski definition) is 2. The molecule has 1 heterocycles. The van der Waals surface area contributed by atoms with Crippen molar-refractivity contribution in [1.82, 2.24) is 4.98 Å². The summed E-state index contributed by atoms with van der Waals surface area (Å²) in [6, 6.07) is 9.49. The van der Waals surface area contributed by atoms with E-state index in [4.69, 9.17) is 28.5 Å². The minimum absolute atomic E-state index is 0.298. The maximum Gasteiger partial charge on any atom is 0.0760 e. The molecule has 0 atom stereocenters. The van der Waals surface area contributed by atoms with Crippen molar-refractivity contribution >= 4 is 23.2 Å². The van der Waals surface area contributed by atoms with Gasteiger partial charge in [0.1, 0.15) is 0 Å². The fraction of sp³-hybridized carbons (Fsp3) is 0.143.